The van der Waals surface area contributed by atoms with Gasteiger partial charge in [-0.1, -0.05) is 25.1 Å². The smallest absolute Gasteiger partial charge is 0.270 e. The summed E-state index contributed by atoms with van der Waals surface area (Å²) in [5.41, 5.74) is 3.16. The number of nitrogens with one attached hydrogen (secondary N) is 1. The zero-order valence-electron chi connectivity index (χ0n) is 14.2. The Bertz CT molecular complexity index is 832. The third-order valence-corrected chi connectivity index (χ3v) is 4.14. The van der Waals surface area contributed by atoms with Crippen LogP contribution in [0.5, 0.6) is 0 Å². The molecule has 5 heteroatoms. The summed E-state index contributed by atoms with van der Waals surface area (Å²) in [6.45, 7) is 4.05. The lowest BCUT2D eigenvalue weighted by molar-refractivity contribution is 0.0931. The molecule has 0 aliphatic rings. The van der Waals surface area contributed by atoms with Gasteiger partial charge in [0.25, 0.3) is 5.91 Å². The Morgan fingerprint density at radius 1 is 1.21 bits per heavy atom. The predicted molar refractivity (Wildman–Crippen MR) is 95.2 cm³/mol. The van der Waals surface area contributed by atoms with E-state index < -0.39 is 0 Å². The Balaban J connectivity index is 2.07. The van der Waals surface area contributed by atoms with Crippen molar-refractivity contribution in [3.05, 3.63) is 60.4 Å². The van der Waals surface area contributed by atoms with Gasteiger partial charge >= 0.3 is 0 Å². The highest BCUT2D eigenvalue weighted by Crippen LogP contribution is 2.22. The molecule has 124 valence electrons. The zero-order valence-corrected chi connectivity index (χ0v) is 14.2. The summed E-state index contributed by atoms with van der Waals surface area (Å²) in [6, 6.07) is 15.7. The number of hydrogen-bond donors (Lipinski definition) is 1. The number of rotatable bonds is 5. The van der Waals surface area contributed by atoms with Crippen molar-refractivity contribution in [2.75, 3.05) is 0 Å². The number of nitrogens with zero attached hydrogens (tertiary/aromatic N) is 3. The number of aromatic nitrogens is 3. The van der Waals surface area contributed by atoms with Crippen molar-refractivity contribution in [1.82, 2.24) is 19.7 Å². The first-order valence-electron chi connectivity index (χ1n) is 8.18. The van der Waals surface area contributed by atoms with Gasteiger partial charge in [0.15, 0.2) is 0 Å². The molecule has 24 heavy (non-hydrogen) atoms. The van der Waals surface area contributed by atoms with Crippen molar-refractivity contribution in [2.45, 2.75) is 26.3 Å². The Morgan fingerprint density at radius 2 is 1.96 bits per heavy atom. The summed E-state index contributed by atoms with van der Waals surface area (Å²) in [6.07, 6.45) is 2.85. The van der Waals surface area contributed by atoms with Gasteiger partial charge in [-0.15, -0.1) is 0 Å². The molecule has 2 heterocycles. The van der Waals surface area contributed by atoms with E-state index in [9.17, 15) is 4.79 Å². The summed E-state index contributed by atoms with van der Waals surface area (Å²) in [5, 5.41) is 7.70. The minimum Gasteiger partial charge on any atom is -0.349 e. The second-order valence-corrected chi connectivity index (χ2v) is 5.95. The molecule has 1 unspecified atom stereocenters. The fraction of sp³-hybridized carbons (Fsp3) is 0.263. The molecule has 1 atom stereocenters. The van der Waals surface area contributed by atoms with E-state index in [0.29, 0.717) is 5.69 Å². The fourth-order valence-electron chi connectivity index (χ4n) is 2.56. The van der Waals surface area contributed by atoms with Crippen LogP contribution in [0.1, 0.15) is 30.8 Å². The minimum atomic E-state index is -0.110. The largest absolute Gasteiger partial charge is 0.349 e. The van der Waals surface area contributed by atoms with Crippen LogP contribution in [0.25, 0.3) is 17.1 Å². The average Bonchev–Trinajstić information content (AvgIpc) is 3.21. The van der Waals surface area contributed by atoms with Crippen LogP contribution in [0.4, 0.5) is 0 Å². The Kier molecular flexibility index (Phi) is 4.51. The SMILES string of the molecule is CCC(C)NC(=O)c1cc(-c2cccn2C)nn1-c1ccccc1. The maximum absolute atomic E-state index is 12.7. The summed E-state index contributed by atoms with van der Waals surface area (Å²) >= 11 is 0. The van der Waals surface area contributed by atoms with E-state index in [4.69, 9.17) is 0 Å². The number of hydrogen-bond acceptors (Lipinski definition) is 2. The van der Waals surface area contributed by atoms with E-state index in [-0.39, 0.29) is 11.9 Å². The molecule has 0 saturated carbocycles. The van der Waals surface area contributed by atoms with Gasteiger partial charge in [0.2, 0.25) is 0 Å². The summed E-state index contributed by atoms with van der Waals surface area (Å²) < 4.78 is 3.70. The molecule has 1 aromatic carbocycles. The van der Waals surface area contributed by atoms with Crippen LogP contribution in [-0.2, 0) is 7.05 Å². The highest BCUT2D eigenvalue weighted by atomic mass is 16.2. The van der Waals surface area contributed by atoms with E-state index in [2.05, 4.69) is 17.3 Å². The molecule has 1 amide bonds. The summed E-state index contributed by atoms with van der Waals surface area (Å²) in [7, 11) is 1.97. The minimum absolute atomic E-state index is 0.110. The molecule has 0 fully saturated rings. The zero-order chi connectivity index (χ0) is 17.1. The van der Waals surface area contributed by atoms with Crippen LogP contribution in [0.3, 0.4) is 0 Å². The molecule has 1 N–H and O–H groups in total. The van der Waals surface area contributed by atoms with E-state index in [1.165, 1.54) is 0 Å². The van der Waals surface area contributed by atoms with Crippen molar-refractivity contribution in [3.63, 3.8) is 0 Å². The highest BCUT2D eigenvalue weighted by molar-refractivity contribution is 5.94. The van der Waals surface area contributed by atoms with E-state index in [0.717, 1.165) is 23.5 Å². The Hall–Kier alpha value is -2.82. The first-order valence-corrected chi connectivity index (χ1v) is 8.18. The quantitative estimate of drug-likeness (QED) is 0.782. The molecule has 0 bridgehead atoms. The van der Waals surface area contributed by atoms with E-state index in [1.54, 1.807) is 4.68 Å². The van der Waals surface area contributed by atoms with Gasteiger partial charge in [-0.05, 0) is 43.7 Å². The molecule has 0 spiro atoms. The molecule has 0 aliphatic heterocycles. The number of amides is 1. The summed E-state index contributed by atoms with van der Waals surface area (Å²) in [5.74, 6) is -0.110. The van der Waals surface area contributed by atoms with Gasteiger partial charge in [-0.2, -0.15) is 5.10 Å². The lowest BCUT2D eigenvalue weighted by Crippen LogP contribution is -2.33. The highest BCUT2D eigenvalue weighted by Gasteiger charge is 2.19. The van der Waals surface area contributed by atoms with Gasteiger partial charge in [-0.3, -0.25) is 4.79 Å². The van der Waals surface area contributed by atoms with Gasteiger partial charge in [0.1, 0.15) is 11.4 Å². The van der Waals surface area contributed by atoms with Gasteiger partial charge in [0, 0.05) is 19.3 Å². The van der Waals surface area contributed by atoms with Crippen molar-refractivity contribution in [2.24, 2.45) is 7.05 Å². The van der Waals surface area contributed by atoms with Crippen LogP contribution in [-0.4, -0.2) is 26.3 Å². The lowest BCUT2D eigenvalue weighted by Gasteiger charge is -2.12. The molecule has 5 nitrogen and oxygen atoms in total. The first kappa shape index (κ1) is 16.1. The molecule has 0 saturated heterocycles. The molecular weight excluding hydrogens is 300 g/mol. The fourth-order valence-corrected chi connectivity index (χ4v) is 2.56. The van der Waals surface area contributed by atoms with E-state index >= 15 is 0 Å². The third-order valence-electron chi connectivity index (χ3n) is 4.14. The van der Waals surface area contributed by atoms with Crippen LogP contribution < -0.4 is 5.32 Å². The molecular formula is C19H22N4O. The maximum atomic E-state index is 12.7. The van der Waals surface area contributed by atoms with Gasteiger partial charge in [0.05, 0.1) is 11.4 Å². The molecule has 3 aromatic rings. The molecule has 0 radical (unpaired) electrons. The number of aryl methyl sites for hydroxylation is 1. The van der Waals surface area contributed by atoms with Crippen molar-refractivity contribution >= 4 is 5.91 Å². The number of para-hydroxylation sites is 1. The van der Waals surface area contributed by atoms with E-state index in [1.807, 2.05) is 73.3 Å². The number of carbonyl (C=O) groups is 1. The second kappa shape index (κ2) is 6.74. The van der Waals surface area contributed by atoms with Crippen molar-refractivity contribution in [3.8, 4) is 17.1 Å². The van der Waals surface area contributed by atoms with Crippen molar-refractivity contribution in [1.29, 1.82) is 0 Å². The molecule has 2 aromatic heterocycles. The average molecular weight is 322 g/mol. The second-order valence-electron chi connectivity index (χ2n) is 5.95. The number of carbonyl (C=O) groups excluding carboxylic acids is 1. The summed E-state index contributed by atoms with van der Waals surface area (Å²) in [4.78, 5) is 12.7. The van der Waals surface area contributed by atoms with Crippen LogP contribution in [0.15, 0.2) is 54.7 Å². The number of benzene rings is 1. The normalized spacial score (nSPS) is 12.1. The van der Waals surface area contributed by atoms with Crippen LogP contribution in [0.2, 0.25) is 0 Å². The van der Waals surface area contributed by atoms with Gasteiger partial charge in [-0.25, -0.2) is 4.68 Å². The maximum Gasteiger partial charge on any atom is 0.270 e. The van der Waals surface area contributed by atoms with Crippen LogP contribution in [0, 0.1) is 0 Å². The Morgan fingerprint density at radius 3 is 2.58 bits per heavy atom. The topological polar surface area (TPSA) is 51.9 Å². The third kappa shape index (κ3) is 3.11. The van der Waals surface area contributed by atoms with Crippen molar-refractivity contribution < 1.29 is 4.79 Å². The molecule has 0 aliphatic carbocycles. The van der Waals surface area contributed by atoms with Crippen LogP contribution >= 0.6 is 0 Å². The lowest BCUT2D eigenvalue weighted by atomic mass is 10.2. The predicted octanol–water partition coefficient (Wildman–Crippen LogP) is 3.41. The molecule has 3 rings (SSSR count). The Labute approximate surface area is 141 Å². The first-order chi connectivity index (χ1) is 11.6. The standard InChI is InChI=1S/C19H22N4O/c1-4-14(2)20-19(24)18-13-16(17-11-8-12-22(17)3)21-23(18)15-9-6-5-7-10-15/h5-14H,4H2,1-3H3,(H,20,24). The van der Waals surface area contributed by atoms with Gasteiger partial charge < -0.3 is 9.88 Å². The monoisotopic (exact) mass is 322 g/mol.